The smallest absolute Gasteiger partial charge is 0.0918 e. The van der Waals surface area contributed by atoms with Gasteiger partial charge < -0.3 is 5.11 Å². The maximum Gasteiger partial charge on any atom is 0.0918 e. The van der Waals surface area contributed by atoms with E-state index in [4.69, 9.17) is 0 Å². The van der Waals surface area contributed by atoms with E-state index in [0.29, 0.717) is 0 Å². The minimum Gasteiger partial charge on any atom is -0.543 e. The molecule has 0 aromatic heterocycles. The lowest BCUT2D eigenvalue weighted by Gasteiger charge is -2.02. The molecule has 0 saturated carbocycles. The van der Waals surface area contributed by atoms with E-state index in [-0.39, 0.29) is 5.76 Å². The minimum atomic E-state index is 0.0581. The summed E-state index contributed by atoms with van der Waals surface area (Å²) in [5.74, 6) is 5.66. The van der Waals surface area contributed by atoms with Crippen LogP contribution < -0.4 is 0 Å². The summed E-state index contributed by atoms with van der Waals surface area (Å²) in [7, 11) is 0. The SMILES string of the molecule is O/C(C#Cc1ccccc1)=C\[CH-]c1ccccc1. The molecule has 0 aliphatic heterocycles. The summed E-state index contributed by atoms with van der Waals surface area (Å²) in [4.78, 5) is 0. The van der Waals surface area contributed by atoms with Gasteiger partial charge in [-0.2, -0.15) is 0 Å². The van der Waals surface area contributed by atoms with Gasteiger partial charge in [0.1, 0.15) is 0 Å². The number of benzene rings is 2. The third-order valence-electron chi connectivity index (χ3n) is 2.34. The monoisotopic (exact) mass is 233 g/mol. The molecule has 0 saturated heterocycles. The second-order valence-electron chi connectivity index (χ2n) is 3.75. The first-order valence-electron chi connectivity index (χ1n) is 5.71. The lowest BCUT2D eigenvalue weighted by atomic mass is 10.1. The molecule has 2 rings (SSSR count). The zero-order valence-corrected chi connectivity index (χ0v) is 9.88. The van der Waals surface area contributed by atoms with Crippen molar-refractivity contribution < 1.29 is 5.11 Å². The van der Waals surface area contributed by atoms with Crippen LogP contribution in [-0.2, 0) is 0 Å². The van der Waals surface area contributed by atoms with Gasteiger partial charge in [-0.1, -0.05) is 42.2 Å². The molecule has 0 amide bonds. The molecule has 88 valence electrons. The molecular weight excluding hydrogens is 220 g/mol. The molecule has 0 bridgehead atoms. The van der Waals surface area contributed by atoms with E-state index < -0.39 is 0 Å². The Morgan fingerprint density at radius 1 is 0.944 bits per heavy atom. The van der Waals surface area contributed by atoms with Crippen LogP contribution in [0.5, 0.6) is 0 Å². The van der Waals surface area contributed by atoms with Crippen LogP contribution in [0.4, 0.5) is 0 Å². The summed E-state index contributed by atoms with van der Waals surface area (Å²) < 4.78 is 0. The highest BCUT2D eigenvalue weighted by molar-refractivity contribution is 5.40. The first kappa shape index (κ1) is 11.9. The van der Waals surface area contributed by atoms with Crippen LogP contribution in [0.2, 0.25) is 0 Å². The van der Waals surface area contributed by atoms with E-state index >= 15 is 0 Å². The normalized spacial score (nSPS) is 10.3. The summed E-state index contributed by atoms with van der Waals surface area (Å²) in [6.07, 6.45) is 3.43. The van der Waals surface area contributed by atoms with Gasteiger partial charge in [-0.25, -0.2) is 0 Å². The maximum absolute atomic E-state index is 9.63. The fourth-order valence-electron chi connectivity index (χ4n) is 1.44. The van der Waals surface area contributed by atoms with Crippen LogP contribution in [0.1, 0.15) is 11.1 Å². The van der Waals surface area contributed by atoms with Crippen molar-refractivity contribution in [2.24, 2.45) is 0 Å². The molecule has 0 radical (unpaired) electrons. The summed E-state index contributed by atoms with van der Waals surface area (Å²) in [5.41, 5.74) is 1.92. The van der Waals surface area contributed by atoms with Gasteiger partial charge in [0.25, 0.3) is 0 Å². The van der Waals surface area contributed by atoms with Crippen molar-refractivity contribution in [1.29, 1.82) is 0 Å². The van der Waals surface area contributed by atoms with Crippen LogP contribution >= 0.6 is 0 Å². The third kappa shape index (κ3) is 3.77. The molecule has 0 unspecified atom stereocenters. The average Bonchev–Trinajstić information content (AvgIpc) is 2.45. The second-order valence-corrected chi connectivity index (χ2v) is 3.75. The molecule has 1 N–H and O–H groups in total. The van der Waals surface area contributed by atoms with E-state index in [2.05, 4.69) is 11.8 Å². The Bertz CT molecular complexity index is 571. The van der Waals surface area contributed by atoms with Gasteiger partial charge in [0.05, 0.1) is 5.76 Å². The molecule has 2 aromatic carbocycles. The molecule has 2 aromatic rings. The van der Waals surface area contributed by atoms with E-state index in [1.165, 1.54) is 0 Å². The molecule has 0 heterocycles. The Morgan fingerprint density at radius 2 is 1.56 bits per heavy atom. The van der Waals surface area contributed by atoms with Gasteiger partial charge >= 0.3 is 0 Å². The van der Waals surface area contributed by atoms with Crippen molar-refractivity contribution in [3.8, 4) is 11.8 Å². The first-order valence-corrected chi connectivity index (χ1v) is 5.71. The Kier molecular flexibility index (Phi) is 4.11. The number of aliphatic hydroxyl groups is 1. The highest BCUT2D eigenvalue weighted by Crippen LogP contribution is 2.04. The van der Waals surface area contributed by atoms with Gasteiger partial charge in [-0.3, -0.25) is 0 Å². The number of allylic oxidation sites excluding steroid dienone is 2. The van der Waals surface area contributed by atoms with Crippen LogP contribution in [0.3, 0.4) is 0 Å². The summed E-state index contributed by atoms with van der Waals surface area (Å²) in [5, 5.41) is 9.63. The Balaban J connectivity index is 2.00. The quantitative estimate of drug-likeness (QED) is 0.476. The van der Waals surface area contributed by atoms with Crippen molar-refractivity contribution in [2.75, 3.05) is 0 Å². The van der Waals surface area contributed by atoms with Crippen molar-refractivity contribution in [3.05, 3.63) is 90.0 Å². The maximum atomic E-state index is 9.63. The molecule has 1 nitrogen and oxygen atoms in total. The molecular formula is C17H13O-. The molecule has 0 aliphatic rings. The Labute approximate surface area is 107 Å². The molecule has 0 spiro atoms. The largest absolute Gasteiger partial charge is 0.543 e. The topological polar surface area (TPSA) is 20.2 Å². The van der Waals surface area contributed by atoms with Gasteiger partial charge in [0.15, 0.2) is 0 Å². The van der Waals surface area contributed by atoms with E-state index in [9.17, 15) is 5.11 Å². The Hall–Kier alpha value is -2.59. The van der Waals surface area contributed by atoms with Crippen LogP contribution in [0, 0.1) is 18.3 Å². The van der Waals surface area contributed by atoms with Gasteiger partial charge in [-0.05, 0) is 12.1 Å². The molecule has 18 heavy (non-hydrogen) atoms. The fraction of sp³-hybridized carbons (Fsp3) is 0. The van der Waals surface area contributed by atoms with E-state index in [1.54, 1.807) is 6.08 Å². The highest BCUT2D eigenvalue weighted by atomic mass is 16.3. The van der Waals surface area contributed by atoms with Crippen molar-refractivity contribution in [3.63, 3.8) is 0 Å². The third-order valence-corrected chi connectivity index (χ3v) is 2.34. The van der Waals surface area contributed by atoms with Gasteiger partial charge in [0, 0.05) is 5.56 Å². The molecule has 0 atom stereocenters. The predicted octanol–water partition coefficient (Wildman–Crippen LogP) is 3.73. The van der Waals surface area contributed by atoms with E-state index in [1.807, 2.05) is 67.1 Å². The van der Waals surface area contributed by atoms with Gasteiger partial charge in [0.2, 0.25) is 0 Å². The van der Waals surface area contributed by atoms with Crippen LogP contribution in [-0.4, -0.2) is 5.11 Å². The molecule has 0 aliphatic carbocycles. The van der Waals surface area contributed by atoms with E-state index in [0.717, 1.165) is 11.1 Å². The summed E-state index contributed by atoms with van der Waals surface area (Å²) in [6.45, 7) is 0. The zero-order valence-electron chi connectivity index (χ0n) is 9.88. The second kappa shape index (κ2) is 6.22. The summed E-state index contributed by atoms with van der Waals surface area (Å²) >= 11 is 0. The fourth-order valence-corrected chi connectivity index (χ4v) is 1.44. The number of hydrogen-bond acceptors (Lipinski definition) is 1. The van der Waals surface area contributed by atoms with Crippen molar-refractivity contribution in [1.82, 2.24) is 0 Å². The average molecular weight is 233 g/mol. The van der Waals surface area contributed by atoms with Gasteiger partial charge in [-0.15, -0.1) is 36.2 Å². The Morgan fingerprint density at radius 3 is 2.22 bits per heavy atom. The number of aliphatic hydroxyl groups excluding tert-OH is 1. The van der Waals surface area contributed by atoms with Crippen LogP contribution in [0.25, 0.3) is 0 Å². The highest BCUT2D eigenvalue weighted by Gasteiger charge is 1.83. The lowest BCUT2D eigenvalue weighted by molar-refractivity contribution is 0.438. The lowest BCUT2D eigenvalue weighted by Crippen LogP contribution is -1.80. The van der Waals surface area contributed by atoms with Crippen molar-refractivity contribution in [2.45, 2.75) is 0 Å². The van der Waals surface area contributed by atoms with Crippen molar-refractivity contribution >= 4 is 0 Å². The molecule has 1 heteroatoms. The first-order chi connectivity index (χ1) is 8.84. The predicted molar refractivity (Wildman–Crippen MR) is 73.9 cm³/mol. The summed E-state index contributed by atoms with van der Waals surface area (Å²) in [6, 6.07) is 19.4. The number of rotatable bonds is 2. The number of hydrogen-bond donors (Lipinski definition) is 1. The van der Waals surface area contributed by atoms with Crippen LogP contribution in [0.15, 0.2) is 72.5 Å². The standard InChI is InChI=1S/C17H13O/c18-17(13-11-15-7-3-1-4-8-15)14-12-16-9-5-2-6-10-16/h1-11,13,18H/q-1/b17-13-. The zero-order chi connectivity index (χ0) is 12.6. The molecule has 0 fully saturated rings. The minimum absolute atomic E-state index is 0.0581.